The number of carboxylic acid groups (broad SMARTS) is 1. The lowest BCUT2D eigenvalue weighted by Crippen LogP contribution is -2.48. The molecular formula is C17H23Cl2NO5. The Bertz CT molecular complexity index is 630. The highest BCUT2D eigenvalue weighted by molar-refractivity contribution is 6.42. The van der Waals surface area contributed by atoms with Crippen molar-refractivity contribution in [3.05, 3.63) is 33.8 Å². The molecule has 1 rings (SSSR count). The number of nitrogens with zero attached hydrogens (tertiary/aromatic N) is 1. The monoisotopic (exact) mass is 391 g/mol. The van der Waals surface area contributed by atoms with Gasteiger partial charge in [-0.3, -0.25) is 4.79 Å². The molecular weight excluding hydrogens is 369 g/mol. The van der Waals surface area contributed by atoms with Crippen LogP contribution >= 0.6 is 23.2 Å². The molecule has 0 fully saturated rings. The van der Waals surface area contributed by atoms with Crippen molar-refractivity contribution in [2.24, 2.45) is 0 Å². The van der Waals surface area contributed by atoms with E-state index in [0.717, 1.165) is 0 Å². The number of aliphatic carboxylic acids is 1. The zero-order chi connectivity index (χ0) is 19.4. The molecule has 0 saturated carbocycles. The molecule has 0 heterocycles. The average Bonchev–Trinajstić information content (AvgIpc) is 2.45. The van der Waals surface area contributed by atoms with Gasteiger partial charge in [0.1, 0.15) is 5.60 Å². The zero-order valence-corrected chi connectivity index (χ0v) is 16.1. The normalized spacial score (nSPS) is 13.9. The number of hydrogen-bond donors (Lipinski definition) is 2. The number of benzene rings is 1. The number of ether oxygens (including phenoxy) is 1. The second-order valence-electron chi connectivity index (χ2n) is 6.78. The number of amides is 1. The largest absolute Gasteiger partial charge is 0.481 e. The van der Waals surface area contributed by atoms with Crippen molar-refractivity contribution in [1.29, 1.82) is 0 Å². The van der Waals surface area contributed by atoms with E-state index in [-0.39, 0.29) is 6.42 Å². The van der Waals surface area contributed by atoms with Crippen molar-refractivity contribution in [3.63, 3.8) is 0 Å². The van der Waals surface area contributed by atoms with Gasteiger partial charge in [0, 0.05) is 7.05 Å². The van der Waals surface area contributed by atoms with Gasteiger partial charge in [0.15, 0.2) is 0 Å². The Morgan fingerprint density at radius 2 is 1.84 bits per heavy atom. The first kappa shape index (κ1) is 21.5. The van der Waals surface area contributed by atoms with E-state index in [1.807, 2.05) is 0 Å². The first-order valence-corrected chi connectivity index (χ1v) is 8.46. The lowest BCUT2D eigenvalue weighted by molar-refractivity contribution is -0.140. The molecule has 0 aliphatic heterocycles. The first-order chi connectivity index (χ1) is 11.4. The molecule has 1 aromatic rings. The Kier molecular flexibility index (Phi) is 7.53. The molecule has 0 aliphatic rings. The highest BCUT2D eigenvalue weighted by Crippen LogP contribution is 2.25. The second-order valence-corrected chi connectivity index (χ2v) is 7.59. The summed E-state index contributed by atoms with van der Waals surface area (Å²) in [5.74, 6) is -1.16. The van der Waals surface area contributed by atoms with Crippen LogP contribution in [0.3, 0.4) is 0 Å². The van der Waals surface area contributed by atoms with Crippen LogP contribution < -0.4 is 0 Å². The van der Waals surface area contributed by atoms with Gasteiger partial charge in [-0.25, -0.2) is 4.79 Å². The molecule has 0 saturated heterocycles. The number of aliphatic hydroxyl groups excluding tert-OH is 1. The van der Waals surface area contributed by atoms with E-state index in [9.17, 15) is 14.7 Å². The number of carbonyl (C=O) groups is 2. The summed E-state index contributed by atoms with van der Waals surface area (Å²) >= 11 is 11.9. The minimum atomic E-state index is -1.27. The van der Waals surface area contributed by atoms with Crippen LogP contribution in [-0.2, 0) is 16.0 Å². The van der Waals surface area contributed by atoms with Crippen LogP contribution in [0.2, 0.25) is 10.0 Å². The number of rotatable bonds is 6. The predicted molar refractivity (Wildman–Crippen MR) is 96.2 cm³/mol. The van der Waals surface area contributed by atoms with Crippen molar-refractivity contribution in [1.82, 2.24) is 4.90 Å². The van der Waals surface area contributed by atoms with Crippen LogP contribution in [0.4, 0.5) is 4.79 Å². The van der Waals surface area contributed by atoms with Crippen LogP contribution in [0, 0.1) is 0 Å². The fourth-order valence-electron chi connectivity index (χ4n) is 2.22. The number of carboxylic acids is 1. The molecule has 2 atom stereocenters. The summed E-state index contributed by atoms with van der Waals surface area (Å²) in [5, 5.41) is 20.0. The van der Waals surface area contributed by atoms with Crippen LogP contribution in [0.1, 0.15) is 32.8 Å². The van der Waals surface area contributed by atoms with Gasteiger partial charge < -0.3 is 19.8 Å². The molecule has 8 heteroatoms. The molecule has 0 aromatic heterocycles. The molecule has 6 nitrogen and oxygen atoms in total. The summed E-state index contributed by atoms with van der Waals surface area (Å²) in [6.45, 7) is 5.17. The molecule has 2 N–H and O–H groups in total. The molecule has 140 valence electrons. The lowest BCUT2D eigenvalue weighted by Gasteiger charge is -2.33. The summed E-state index contributed by atoms with van der Waals surface area (Å²) < 4.78 is 5.30. The Hall–Kier alpha value is -1.50. The molecule has 1 unspecified atom stereocenters. The number of likely N-dealkylation sites (N-methyl/N-ethyl adjacent to an activating group) is 1. The molecule has 0 bridgehead atoms. The topological polar surface area (TPSA) is 87.1 Å². The smallest absolute Gasteiger partial charge is 0.410 e. The number of halogens is 2. The highest BCUT2D eigenvalue weighted by Gasteiger charge is 2.31. The van der Waals surface area contributed by atoms with Crippen LogP contribution in [0.25, 0.3) is 0 Å². The molecule has 0 aliphatic carbocycles. The lowest BCUT2D eigenvalue weighted by atomic mass is 9.98. The number of carbonyl (C=O) groups excluding carboxylic acids is 1. The maximum Gasteiger partial charge on any atom is 0.410 e. The van der Waals surface area contributed by atoms with Gasteiger partial charge in [0.25, 0.3) is 0 Å². The van der Waals surface area contributed by atoms with Crippen molar-refractivity contribution in [2.45, 2.75) is 51.4 Å². The summed E-state index contributed by atoms with van der Waals surface area (Å²) in [6, 6.07) is 4.13. The third kappa shape index (κ3) is 7.10. The Balaban J connectivity index is 3.04. The second kappa shape index (κ2) is 8.74. The van der Waals surface area contributed by atoms with Gasteiger partial charge in [0.05, 0.1) is 28.6 Å². The number of aliphatic hydroxyl groups is 1. The summed E-state index contributed by atoms with van der Waals surface area (Å²) in [5.41, 5.74) is -0.00345. The first-order valence-electron chi connectivity index (χ1n) is 7.70. The molecule has 1 amide bonds. The molecule has 1 aromatic carbocycles. The minimum absolute atomic E-state index is 0.196. The van der Waals surface area contributed by atoms with E-state index in [0.29, 0.717) is 15.6 Å². The maximum absolute atomic E-state index is 12.3. The summed E-state index contributed by atoms with van der Waals surface area (Å²) in [4.78, 5) is 24.5. The van der Waals surface area contributed by atoms with Crippen molar-refractivity contribution >= 4 is 35.3 Å². The summed E-state index contributed by atoms with van der Waals surface area (Å²) in [6.07, 6.45) is -2.23. The van der Waals surface area contributed by atoms with E-state index in [1.165, 1.54) is 11.9 Å². The van der Waals surface area contributed by atoms with Crippen molar-refractivity contribution < 1.29 is 24.5 Å². The Morgan fingerprint density at radius 1 is 1.24 bits per heavy atom. The number of hydrogen-bond acceptors (Lipinski definition) is 4. The van der Waals surface area contributed by atoms with Crippen LogP contribution in [-0.4, -0.2) is 52.0 Å². The van der Waals surface area contributed by atoms with E-state index in [1.54, 1.807) is 39.0 Å². The predicted octanol–water partition coefficient (Wildman–Crippen LogP) is 3.61. The quantitative estimate of drug-likeness (QED) is 0.773. The maximum atomic E-state index is 12.3. The van der Waals surface area contributed by atoms with E-state index in [4.69, 9.17) is 33.0 Å². The van der Waals surface area contributed by atoms with E-state index >= 15 is 0 Å². The van der Waals surface area contributed by atoms with Crippen LogP contribution in [0.15, 0.2) is 18.2 Å². The van der Waals surface area contributed by atoms with E-state index < -0.39 is 36.2 Å². The third-order valence-electron chi connectivity index (χ3n) is 3.44. The van der Waals surface area contributed by atoms with E-state index in [2.05, 4.69) is 0 Å². The minimum Gasteiger partial charge on any atom is -0.481 e. The third-order valence-corrected chi connectivity index (χ3v) is 4.17. The van der Waals surface area contributed by atoms with Gasteiger partial charge in [-0.2, -0.15) is 0 Å². The SMILES string of the molecule is CN(C(=O)OC(C)(C)C)C(Cc1ccc(Cl)c(Cl)c1)[C@H](O)CC(=O)O. The van der Waals surface area contributed by atoms with Gasteiger partial charge in [-0.1, -0.05) is 29.3 Å². The van der Waals surface area contributed by atoms with Crippen molar-refractivity contribution in [2.75, 3.05) is 7.05 Å². The van der Waals surface area contributed by atoms with Gasteiger partial charge in [-0.05, 0) is 44.9 Å². The fraction of sp³-hybridized carbons (Fsp3) is 0.529. The van der Waals surface area contributed by atoms with Gasteiger partial charge in [-0.15, -0.1) is 0 Å². The zero-order valence-electron chi connectivity index (χ0n) is 14.6. The fourth-order valence-corrected chi connectivity index (χ4v) is 2.54. The summed E-state index contributed by atoms with van der Waals surface area (Å²) in [7, 11) is 1.46. The molecule has 0 radical (unpaired) electrons. The highest BCUT2D eigenvalue weighted by atomic mass is 35.5. The Labute approximate surface area is 157 Å². The molecule has 25 heavy (non-hydrogen) atoms. The standard InChI is InChI=1S/C17H23Cl2NO5/c1-17(2,3)25-16(24)20(4)13(14(21)9-15(22)23)8-10-5-6-11(18)12(19)7-10/h5-7,13-14,21H,8-9H2,1-4H3,(H,22,23)/t13?,14-/m1/s1. The van der Waals surface area contributed by atoms with Gasteiger partial charge >= 0.3 is 12.1 Å². The van der Waals surface area contributed by atoms with Gasteiger partial charge in [0.2, 0.25) is 0 Å². The Morgan fingerprint density at radius 3 is 2.32 bits per heavy atom. The average molecular weight is 392 g/mol. The van der Waals surface area contributed by atoms with Crippen molar-refractivity contribution in [3.8, 4) is 0 Å². The van der Waals surface area contributed by atoms with Crippen LogP contribution in [0.5, 0.6) is 0 Å². The molecule has 0 spiro atoms.